The van der Waals surface area contributed by atoms with E-state index in [1.165, 1.54) is 11.0 Å². The lowest BCUT2D eigenvalue weighted by molar-refractivity contribution is -0.141. The van der Waals surface area contributed by atoms with Crippen LogP contribution in [0.25, 0.3) is 0 Å². The van der Waals surface area contributed by atoms with Gasteiger partial charge in [0.1, 0.15) is 6.61 Å². The van der Waals surface area contributed by atoms with Crippen LogP contribution in [0.2, 0.25) is 0 Å². The van der Waals surface area contributed by atoms with Crippen LogP contribution in [-0.2, 0) is 9.53 Å². The van der Waals surface area contributed by atoms with E-state index >= 15 is 0 Å². The minimum atomic E-state index is -0.901. The molecule has 1 N–H and O–H groups in total. The summed E-state index contributed by atoms with van der Waals surface area (Å²) in [6, 6.07) is 0.152. The molecule has 0 aromatic rings. The molecule has 0 aromatic heterocycles. The Balaban J connectivity index is 2.49. The molecule has 0 heterocycles. The molecule has 0 aromatic carbocycles. The minimum Gasteiger partial charge on any atom is -0.481 e. The SMILES string of the molecule is C=CCOC(=O)N(CC(C)C(=O)O)C1CC1. The molecule has 5 heteroatoms. The third kappa shape index (κ3) is 3.56. The van der Waals surface area contributed by atoms with Crippen molar-refractivity contribution in [2.24, 2.45) is 5.92 Å². The molecule has 1 fully saturated rings. The number of carboxylic acid groups (broad SMARTS) is 1. The Labute approximate surface area is 94.7 Å². The summed E-state index contributed by atoms with van der Waals surface area (Å²) in [4.78, 5) is 23.8. The molecule has 1 amide bonds. The van der Waals surface area contributed by atoms with E-state index in [0.717, 1.165) is 12.8 Å². The topological polar surface area (TPSA) is 66.8 Å². The van der Waals surface area contributed by atoms with E-state index in [0.29, 0.717) is 0 Å². The normalized spacial score (nSPS) is 16.3. The van der Waals surface area contributed by atoms with Gasteiger partial charge in [0, 0.05) is 12.6 Å². The van der Waals surface area contributed by atoms with Gasteiger partial charge in [-0.1, -0.05) is 19.6 Å². The third-order valence-electron chi connectivity index (χ3n) is 2.44. The zero-order chi connectivity index (χ0) is 12.1. The van der Waals surface area contributed by atoms with Gasteiger partial charge in [0.05, 0.1) is 5.92 Å². The number of carbonyl (C=O) groups excluding carboxylic acids is 1. The van der Waals surface area contributed by atoms with E-state index in [9.17, 15) is 9.59 Å². The van der Waals surface area contributed by atoms with Crippen LogP contribution in [0.15, 0.2) is 12.7 Å². The molecule has 90 valence electrons. The second-order valence-electron chi connectivity index (χ2n) is 3.99. The van der Waals surface area contributed by atoms with Gasteiger partial charge in [0.25, 0.3) is 0 Å². The van der Waals surface area contributed by atoms with Crippen LogP contribution < -0.4 is 0 Å². The minimum absolute atomic E-state index is 0.152. The number of amides is 1. The molecular weight excluding hydrogens is 210 g/mol. The van der Waals surface area contributed by atoms with Crippen molar-refractivity contribution in [3.8, 4) is 0 Å². The van der Waals surface area contributed by atoms with Gasteiger partial charge in [0.15, 0.2) is 0 Å². The molecule has 1 atom stereocenters. The fraction of sp³-hybridized carbons (Fsp3) is 0.636. The number of nitrogens with zero attached hydrogens (tertiary/aromatic N) is 1. The first kappa shape index (κ1) is 12.5. The summed E-state index contributed by atoms with van der Waals surface area (Å²) < 4.78 is 4.91. The Kier molecular flexibility index (Phi) is 4.34. The van der Waals surface area contributed by atoms with Gasteiger partial charge in [-0.3, -0.25) is 4.79 Å². The summed E-state index contributed by atoms with van der Waals surface area (Å²) in [7, 11) is 0. The first-order valence-electron chi connectivity index (χ1n) is 5.33. The van der Waals surface area contributed by atoms with E-state index in [4.69, 9.17) is 9.84 Å². The van der Waals surface area contributed by atoms with Gasteiger partial charge in [0.2, 0.25) is 0 Å². The first-order chi connectivity index (χ1) is 7.56. The Hall–Kier alpha value is -1.52. The second-order valence-corrected chi connectivity index (χ2v) is 3.99. The van der Waals surface area contributed by atoms with Gasteiger partial charge in [-0.15, -0.1) is 0 Å². The molecule has 5 nitrogen and oxygen atoms in total. The number of ether oxygens (including phenoxy) is 1. The number of aliphatic carboxylic acids is 1. The van der Waals surface area contributed by atoms with E-state index in [2.05, 4.69) is 6.58 Å². The summed E-state index contributed by atoms with van der Waals surface area (Å²) >= 11 is 0. The Morgan fingerprint density at radius 2 is 2.25 bits per heavy atom. The van der Waals surface area contributed by atoms with Crippen LogP contribution in [0, 0.1) is 5.92 Å². The van der Waals surface area contributed by atoms with Crippen molar-refractivity contribution in [1.29, 1.82) is 0 Å². The molecule has 1 aliphatic rings. The zero-order valence-corrected chi connectivity index (χ0v) is 9.39. The first-order valence-corrected chi connectivity index (χ1v) is 5.33. The lowest BCUT2D eigenvalue weighted by Crippen LogP contribution is -2.38. The number of carbonyl (C=O) groups is 2. The third-order valence-corrected chi connectivity index (χ3v) is 2.44. The summed E-state index contributed by atoms with van der Waals surface area (Å²) in [6.45, 7) is 5.39. The molecule has 16 heavy (non-hydrogen) atoms. The maximum absolute atomic E-state index is 11.6. The molecule has 0 radical (unpaired) electrons. The van der Waals surface area contributed by atoms with Crippen molar-refractivity contribution in [3.05, 3.63) is 12.7 Å². The lowest BCUT2D eigenvalue weighted by atomic mass is 10.2. The fourth-order valence-corrected chi connectivity index (χ4v) is 1.35. The van der Waals surface area contributed by atoms with Crippen LogP contribution in [-0.4, -0.2) is 41.3 Å². The molecule has 0 aliphatic heterocycles. The highest BCUT2D eigenvalue weighted by Gasteiger charge is 2.35. The van der Waals surface area contributed by atoms with Gasteiger partial charge in [-0.2, -0.15) is 0 Å². The molecule has 1 rings (SSSR count). The second kappa shape index (κ2) is 5.53. The van der Waals surface area contributed by atoms with Crippen LogP contribution in [0.4, 0.5) is 4.79 Å². The Bertz CT molecular complexity index is 286. The largest absolute Gasteiger partial charge is 0.481 e. The monoisotopic (exact) mass is 227 g/mol. The molecule has 0 bridgehead atoms. The van der Waals surface area contributed by atoms with E-state index in [-0.39, 0.29) is 19.2 Å². The highest BCUT2D eigenvalue weighted by molar-refractivity contribution is 5.72. The lowest BCUT2D eigenvalue weighted by Gasteiger charge is -2.23. The quantitative estimate of drug-likeness (QED) is 0.698. The molecule has 1 aliphatic carbocycles. The molecule has 1 saturated carbocycles. The summed E-state index contributed by atoms with van der Waals surface area (Å²) in [6.07, 6.45) is 2.89. The number of hydrogen-bond acceptors (Lipinski definition) is 3. The molecular formula is C11H17NO4. The summed E-state index contributed by atoms with van der Waals surface area (Å²) in [5.74, 6) is -1.47. The maximum atomic E-state index is 11.6. The van der Waals surface area contributed by atoms with Crippen LogP contribution in [0.5, 0.6) is 0 Å². The smallest absolute Gasteiger partial charge is 0.410 e. The highest BCUT2D eigenvalue weighted by Crippen LogP contribution is 2.28. The number of hydrogen-bond donors (Lipinski definition) is 1. The van der Waals surface area contributed by atoms with Crippen molar-refractivity contribution in [2.75, 3.05) is 13.2 Å². The highest BCUT2D eigenvalue weighted by atomic mass is 16.6. The van der Waals surface area contributed by atoms with Crippen molar-refractivity contribution in [3.63, 3.8) is 0 Å². The Morgan fingerprint density at radius 1 is 1.62 bits per heavy atom. The van der Waals surface area contributed by atoms with E-state index in [1.807, 2.05) is 0 Å². The predicted molar refractivity (Wildman–Crippen MR) is 58.1 cm³/mol. The van der Waals surface area contributed by atoms with Crippen LogP contribution in [0.1, 0.15) is 19.8 Å². The van der Waals surface area contributed by atoms with Gasteiger partial charge in [-0.25, -0.2) is 4.79 Å². The van der Waals surface area contributed by atoms with Crippen LogP contribution >= 0.6 is 0 Å². The van der Waals surface area contributed by atoms with Gasteiger partial charge >= 0.3 is 12.1 Å². The molecule has 0 spiro atoms. The standard InChI is InChI=1S/C11H17NO4/c1-3-6-16-11(15)12(9-4-5-9)7-8(2)10(13)14/h3,8-9H,1,4-7H2,2H3,(H,13,14). The van der Waals surface area contributed by atoms with Crippen molar-refractivity contribution in [1.82, 2.24) is 4.90 Å². The number of carboxylic acids is 1. The van der Waals surface area contributed by atoms with Crippen molar-refractivity contribution in [2.45, 2.75) is 25.8 Å². The van der Waals surface area contributed by atoms with E-state index < -0.39 is 18.0 Å². The average molecular weight is 227 g/mol. The number of rotatable bonds is 6. The fourth-order valence-electron chi connectivity index (χ4n) is 1.35. The maximum Gasteiger partial charge on any atom is 0.410 e. The summed E-state index contributed by atoms with van der Waals surface area (Å²) in [5.41, 5.74) is 0. The molecule has 0 saturated heterocycles. The van der Waals surface area contributed by atoms with Gasteiger partial charge in [-0.05, 0) is 12.8 Å². The van der Waals surface area contributed by atoms with Gasteiger partial charge < -0.3 is 14.7 Å². The average Bonchev–Trinajstić information content (AvgIpc) is 3.05. The van der Waals surface area contributed by atoms with Crippen LogP contribution in [0.3, 0.4) is 0 Å². The molecule has 1 unspecified atom stereocenters. The van der Waals surface area contributed by atoms with Crippen molar-refractivity contribution < 1.29 is 19.4 Å². The predicted octanol–water partition coefficient (Wildman–Crippen LogP) is 1.49. The van der Waals surface area contributed by atoms with Crippen molar-refractivity contribution >= 4 is 12.1 Å². The zero-order valence-electron chi connectivity index (χ0n) is 9.39. The Morgan fingerprint density at radius 3 is 2.69 bits per heavy atom. The summed E-state index contributed by atoms with van der Waals surface area (Å²) in [5, 5.41) is 8.80. The van der Waals surface area contributed by atoms with E-state index in [1.54, 1.807) is 6.92 Å².